The molecule has 126 valence electrons. The van der Waals surface area contributed by atoms with Crippen LogP contribution in [0.25, 0.3) is 0 Å². The van der Waals surface area contributed by atoms with Gasteiger partial charge in [-0.05, 0) is 48.9 Å². The van der Waals surface area contributed by atoms with Crippen LogP contribution in [0.1, 0.15) is 22.8 Å². The van der Waals surface area contributed by atoms with Crippen molar-refractivity contribution in [1.29, 1.82) is 0 Å². The second-order valence-corrected chi connectivity index (χ2v) is 5.82. The maximum Gasteiger partial charge on any atom is 0.309 e. The molecule has 0 aliphatic carbocycles. The Morgan fingerprint density at radius 1 is 1.12 bits per heavy atom. The van der Waals surface area contributed by atoms with Gasteiger partial charge in [0.1, 0.15) is 12.4 Å². The molecule has 1 atom stereocenters. The van der Waals surface area contributed by atoms with Crippen molar-refractivity contribution in [3.8, 4) is 5.75 Å². The first-order chi connectivity index (χ1) is 11.5. The van der Waals surface area contributed by atoms with Crippen LogP contribution in [-0.2, 0) is 11.3 Å². The molecule has 2 rings (SSSR count). The molecule has 6 heteroatoms. The average molecular weight is 348 g/mol. The molecule has 2 aromatic rings. The van der Waals surface area contributed by atoms with Crippen molar-refractivity contribution in [3.05, 3.63) is 64.7 Å². The number of aliphatic carboxylic acids is 1. The van der Waals surface area contributed by atoms with Crippen LogP contribution < -0.4 is 10.1 Å². The van der Waals surface area contributed by atoms with Crippen molar-refractivity contribution in [1.82, 2.24) is 5.32 Å². The summed E-state index contributed by atoms with van der Waals surface area (Å²) in [7, 11) is 0. The summed E-state index contributed by atoms with van der Waals surface area (Å²) in [6, 6.07) is 13.8. The van der Waals surface area contributed by atoms with Crippen molar-refractivity contribution in [2.45, 2.75) is 13.5 Å². The van der Waals surface area contributed by atoms with E-state index in [-0.39, 0.29) is 12.5 Å². The lowest BCUT2D eigenvalue weighted by Gasteiger charge is -2.10. The van der Waals surface area contributed by atoms with Crippen molar-refractivity contribution in [3.63, 3.8) is 0 Å². The number of amides is 1. The van der Waals surface area contributed by atoms with Crippen LogP contribution >= 0.6 is 11.6 Å². The Hall–Kier alpha value is -2.53. The first-order valence-electron chi connectivity index (χ1n) is 7.44. The van der Waals surface area contributed by atoms with Crippen LogP contribution in [0.5, 0.6) is 5.75 Å². The van der Waals surface area contributed by atoms with E-state index in [9.17, 15) is 9.59 Å². The number of hydrogen-bond donors (Lipinski definition) is 2. The predicted octanol–water partition coefficient (Wildman–Crippen LogP) is 3.37. The molecule has 2 N–H and O–H groups in total. The summed E-state index contributed by atoms with van der Waals surface area (Å²) in [5, 5.41) is 12.2. The predicted molar refractivity (Wildman–Crippen MR) is 91.4 cm³/mol. The number of carboxylic acid groups (broad SMARTS) is 1. The third kappa shape index (κ3) is 5.28. The van der Waals surface area contributed by atoms with Gasteiger partial charge in [-0.25, -0.2) is 0 Å². The quantitative estimate of drug-likeness (QED) is 0.805. The maximum absolute atomic E-state index is 12.0. The second kappa shape index (κ2) is 8.36. The summed E-state index contributed by atoms with van der Waals surface area (Å²) in [6.07, 6.45) is 0. The van der Waals surface area contributed by atoms with Gasteiger partial charge in [0, 0.05) is 17.1 Å². The molecule has 1 unspecified atom stereocenters. The molecule has 1 amide bonds. The minimum Gasteiger partial charge on any atom is -0.493 e. The zero-order valence-corrected chi connectivity index (χ0v) is 13.9. The Morgan fingerprint density at radius 2 is 1.75 bits per heavy atom. The van der Waals surface area contributed by atoms with Gasteiger partial charge in [-0.3, -0.25) is 9.59 Å². The Morgan fingerprint density at radius 3 is 2.33 bits per heavy atom. The lowest BCUT2D eigenvalue weighted by Crippen LogP contribution is -2.22. The highest BCUT2D eigenvalue weighted by molar-refractivity contribution is 6.30. The number of carboxylic acids is 1. The number of carbonyl (C=O) groups excluding carboxylic acids is 1. The van der Waals surface area contributed by atoms with Crippen LogP contribution in [0.4, 0.5) is 0 Å². The van der Waals surface area contributed by atoms with Gasteiger partial charge in [-0.15, -0.1) is 0 Å². The summed E-state index contributed by atoms with van der Waals surface area (Å²) in [4.78, 5) is 22.7. The van der Waals surface area contributed by atoms with Gasteiger partial charge in [-0.1, -0.05) is 23.7 Å². The summed E-state index contributed by atoms with van der Waals surface area (Å²) in [5.41, 5.74) is 1.46. The highest BCUT2D eigenvalue weighted by Gasteiger charge is 2.11. The normalized spacial score (nSPS) is 11.6. The number of halogens is 1. The van der Waals surface area contributed by atoms with E-state index in [0.29, 0.717) is 22.9 Å². The first kappa shape index (κ1) is 17.8. The number of nitrogens with one attached hydrogen (secondary N) is 1. The van der Waals surface area contributed by atoms with E-state index in [1.54, 1.807) is 43.3 Å². The SMILES string of the molecule is CC(COc1ccc(CNC(=O)c2ccc(Cl)cc2)cc1)C(=O)O. The largest absolute Gasteiger partial charge is 0.493 e. The van der Waals surface area contributed by atoms with Gasteiger partial charge in [0.15, 0.2) is 0 Å². The lowest BCUT2D eigenvalue weighted by atomic mass is 10.2. The van der Waals surface area contributed by atoms with Gasteiger partial charge in [-0.2, -0.15) is 0 Å². The number of ether oxygens (including phenoxy) is 1. The molecule has 5 nitrogen and oxygen atoms in total. The van der Waals surface area contributed by atoms with Crippen LogP contribution in [0.2, 0.25) is 5.02 Å². The van der Waals surface area contributed by atoms with Crippen molar-refractivity contribution in [2.24, 2.45) is 5.92 Å². The molecule has 0 spiro atoms. The number of carbonyl (C=O) groups is 2. The zero-order chi connectivity index (χ0) is 17.5. The van der Waals surface area contributed by atoms with E-state index < -0.39 is 11.9 Å². The smallest absolute Gasteiger partial charge is 0.309 e. The molecule has 0 aromatic heterocycles. The monoisotopic (exact) mass is 347 g/mol. The topological polar surface area (TPSA) is 75.6 Å². The van der Waals surface area contributed by atoms with Gasteiger partial charge < -0.3 is 15.2 Å². The first-order valence-corrected chi connectivity index (χ1v) is 7.82. The second-order valence-electron chi connectivity index (χ2n) is 5.38. The average Bonchev–Trinajstić information content (AvgIpc) is 2.59. The third-order valence-electron chi connectivity index (χ3n) is 3.40. The zero-order valence-electron chi connectivity index (χ0n) is 13.2. The van der Waals surface area contributed by atoms with Crippen molar-refractivity contribution in [2.75, 3.05) is 6.61 Å². The molecule has 0 saturated heterocycles. The molecular weight excluding hydrogens is 330 g/mol. The summed E-state index contributed by atoms with van der Waals surface area (Å²) >= 11 is 5.79. The molecule has 0 bridgehead atoms. The van der Waals surface area contributed by atoms with Gasteiger partial charge >= 0.3 is 5.97 Å². The molecule has 24 heavy (non-hydrogen) atoms. The lowest BCUT2D eigenvalue weighted by molar-refractivity contribution is -0.142. The molecule has 0 aliphatic rings. The Kier molecular flexibility index (Phi) is 6.21. The van der Waals surface area contributed by atoms with E-state index in [2.05, 4.69) is 5.32 Å². The molecule has 0 saturated carbocycles. The number of hydrogen-bond acceptors (Lipinski definition) is 3. The molecule has 0 fully saturated rings. The molecule has 0 radical (unpaired) electrons. The summed E-state index contributed by atoms with van der Waals surface area (Å²) < 4.78 is 5.41. The fraction of sp³-hybridized carbons (Fsp3) is 0.222. The fourth-order valence-corrected chi connectivity index (χ4v) is 2.01. The molecule has 2 aromatic carbocycles. The Balaban J connectivity index is 1.84. The van der Waals surface area contributed by atoms with Gasteiger partial charge in [0.2, 0.25) is 0 Å². The minimum absolute atomic E-state index is 0.113. The van der Waals surface area contributed by atoms with Gasteiger partial charge in [0.05, 0.1) is 5.92 Å². The molecular formula is C18H18ClNO4. The standard InChI is InChI=1S/C18H18ClNO4/c1-12(18(22)23)11-24-16-8-2-13(3-9-16)10-20-17(21)14-4-6-15(19)7-5-14/h2-9,12H,10-11H2,1H3,(H,20,21)(H,22,23). The molecule has 0 heterocycles. The van der Waals surface area contributed by atoms with Crippen molar-refractivity contribution < 1.29 is 19.4 Å². The van der Waals surface area contributed by atoms with Crippen LogP contribution in [0.3, 0.4) is 0 Å². The fourth-order valence-electron chi connectivity index (χ4n) is 1.88. The van der Waals surface area contributed by atoms with E-state index >= 15 is 0 Å². The van der Waals surface area contributed by atoms with Crippen LogP contribution in [0.15, 0.2) is 48.5 Å². The Bertz CT molecular complexity index is 698. The van der Waals surface area contributed by atoms with Crippen LogP contribution in [0, 0.1) is 5.92 Å². The summed E-state index contributed by atoms with van der Waals surface area (Å²) in [6.45, 7) is 2.08. The number of benzene rings is 2. The maximum atomic E-state index is 12.0. The Labute approximate surface area is 145 Å². The minimum atomic E-state index is -0.892. The van der Waals surface area contributed by atoms with Crippen LogP contribution in [-0.4, -0.2) is 23.6 Å². The highest BCUT2D eigenvalue weighted by Crippen LogP contribution is 2.14. The van der Waals surface area contributed by atoms with E-state index in [1.165, 1.54) is 0 Å². The van der Waals surface area contributed by atoms with E-state index in [4.69, 9.17) is 21.4 Å². The van der Waals surface area contributed by atoms with E-state index in [1.807, 2.05) is 12.1 Å². The third-order valence-corrected chi connectivity index (χ3v) is 3.66. The van der Waals surface area contributed by atoms with Crippen molar-refractivity contribution >= 4 is 23.5 Å². The summed E-state index contributed by atoms with van der Waals surface area (Å²) in [5.74, 6) is -1.04. The number of rotatable bonds is 7. The van der Waals surface area contributed by atoms with E-state index in [0.717, 1.165) is 5.56 Å². The molecule has 0 aliphatic heterocycles. The highest BCUT2D eigenvalue weighted by atomic mass is 35.5. The van der Waals surface area contributed by atoms with Gasteiger partial charge in [0.25, 0.3) is 5.91 Å².